The van der Waals surface area contributed by atoms with E-state index in [9.17, 15) is 0 Å². The monoisotopic (exact) mass is 374 g/mol. The molecule has 105 valence electrons. The molecule has 0 rings (SSSR count). The Morgan fingerprint density at radius 1 is 0.265 bits per heavy atom. The second-order valence-electron chi connectivity index (χ2n) is 9.24. The van der Waals surface area contributed by atoms with Crippen molar-refractivity contribution in [2.75, 3.05) is 0 Å². The topological polar surface area (TPSA) is 0 Å². The van der Waals surface area contributed by atoms with Gasteiger partial charge in [0.25, 0.3) is 0 Å². The predicted molar refractivity (Wildman–Crippen MR) is 196 cm³/mol. The third-order valence-electron chi connectivity index (χ3n) is 6.67. The molecule has 0 amide bonds. The van der Waals surface area contributed by atoms with Crippen LogP contribution >= 0.6 is 0 Å². The predicted octanol–water partition coefficient (Wildman–Crippen LogP) is -12.9. The van der Waals surface area contributed by atoms with Crippen LogP contribution in [-0.4, -0.2) is 241 Å². The van der Waals surface area contributed by atoms with Crippen molar-refractivity contribution in [1.82, 2.24) is 0 Å². The molecule has 0 aliphatic carbocycles. The van der Waals surface area contributed by atoms with Gasteiger partial charge in [-0.2, -0.15) is 0 Å². The van der Waals surface area contributed by atoms with Crippen LogP contribution < -0.4 is 0 Å². The molecular weight excluding hydrogens is 368 g/mol. The van der Waals surface area contributed by atoms with E-state index in [0.717, 1.165) is 0 Å². The molecule has 34 heavy (non-hydrogen) atoms. The maximum absolute atomic E-state index is 6.24. The lowest BCUT2D eigenvalue weighted by molar-refractivity contribution is 3.24. The van der Waals surface area contributed by atoms with Crippen LogP contribution in [0.15, 0.2) is 0 Å². The van der Waals surface area contributed by atoms with Gasteiger partial charge in [-0.05, 0) is 199 Å². The standard InChI is InChI=1S/B34/c1-19(2)28(20(3)4)32(27(17)18)34(31(25(13)14)26(15)16)33(29(21(5)6)22(7)8)30(23(9)10)24(11)12/q-3. The molecule has 0 bridgehead atoms. The third-order valence-corrected chi connectivity index (χ3v) is 6.67. The number of hydrogen-bond acceptors (Lipinski definition) is 0. The highest BCUT2D eigenvalue weighted by Gasteiger charge is 2.52. The Hall–Kier alpha value is 2.21. The highest BCUT2D eigenvalue weighted by atomic mass is 13.4. The normalized spacial score (nSPS) is 9.62. The Labute approximate surface area is 240 Å². The van der Waals surface area contributed by atoms with Gasteiger partial charge < -0.3 is 29.6 Å². The SMILES string of the molecule is [B]B([B])B(B([B])[B])B(B(B([B])[B])B([B])[B])B(B(B([B])[B])B([B])[B])B(B([B])[B])B(B([B])[B-])B([B-])[B-]. The first-order chi connectivity index (χ1) is 15.4. The van der Waals surface area contributed by atoms with Crippen molar-refractivity contribution < 1.29 is 0 Å². The molecule has 0 aromatic heterocycles. The molecule has 0 aliphatic heterocycles. The zero-order valence-electron chi connectivity index (χ0n) is 19.6. The van der Waals surface area contributed by atoms with E-state index in [2.05, 4.69) is 0 Å². The van der Waals surface area contributed by atoms with Crippen LogP contribution in [0.1, 0.15) is 0 Å². The van der Waals surface area contributed by atoms with Crippen molar-refractivity contribution in [3.05, 3.63) is 0 Å². The fourth-order valence-electron chi connectivity index (χ4n) is 5.39. The summed E-state index contributed by atoms with van der Waals surface area (Å²) < 4.78 is 0. The Kier molecular flexibility index (Phi) is 17.4. The third kappa shape index (κ3) is 9.75. The molecule has 0 N–H and O–H groups in total. The van der Waals surface area contributed by atoms with Gasteiger partial charge in [-0.3, -0.25) is 0 Å². The van der Waals surface area contributed by atoms with Crippen molar-refractivity contribution >= 4 is 241 Å². The summed E-state index contributed by atoms with van der Waals surface area (Å²) in [4.78, 5) is 0. The largest absolute Gasteiger partial charge is 0.729 e. The number of hydrogen-bond donors (Lipinski definition) is 0. The van der Waals surface area contributed by atoms with E-state index >= 15 is 0 Å². The van der Waals surface area contributed by atoms with Crippen molar-refractivity contribution in [2.24, 2.45) is 0 Å². The van der Waals surface area contributed by atoms with E-state index in [0.29, 0.717) is 0 Å². The minimum absolute atomic E-state index is 0.917. The fraction of sp³-hybridized carbons (Fsp3) is 0. The van der Waals surface area contributed by atoms with Gasteiger partial charge in [0.15, 0.2) is 0 Å². The van der Waals surface area contributed by atoms with Gasteiger partial charge in [-0.25, -0.2) is 6.39 Å². The molecular formula is B34-3. The first kappa shape index (κ1) is 36.2. The molecule has 0 spiro atoms. The molecule has 0 saturated heterocycles. The van der Waals surface area contributed by atoms with E-state index in [1.54, 1.807) is 0 Å². The number of rotatable bonds is 15. The van der Waals surface area contributed by atoms with Crippen LogP contribution in [0, 0.1) is 0 Å². The summed E-state index contributed by atoms with van der Waals surface area (Å²) in [6.07, 6.45) is -16.7. The summed E-state index contributed by atoms with van der Waals surface area (Å²) in [5, 5.41) is 0. The molecule has 0 aromatic carbocycles. The minimum atomic E-state index is -1.16. The second kappa shape index (κ2) is 16.3. The van der Waals surface area contributed by atoms with Crippen molar-refractivity contribution in [3.63, 3.8) is 0 Å². The highest BCUT2D eigenvalue weighted by molar-refractivity contribution is 8.29. The smallest absolute Gasteiger partial charge is 0.000000000000247 e. The van der Waals surface area contributed by atoms with Crippen LogP contribution in [0.25, 0.3) is 0 Å². The van der Waals surface area contributed by atoms with Gasteiger partial charge in [-0.15, -0.1) is 6.39 Å². The Balaban J connectivity index is 7.58. The average molecular weight is 368 g/mol. The first-order valence-electron chi connectivity index (χ1n) is 11.0. The van der Waals surface area contributed by atoms with E-state index in [4.69, 9.17) is 139 Å². The molecule has 34 heteroatoms. The Morgan fingerprint density at radius 2 is 0.471 bits per heavy atom. The van der Waals surface area contributed by atoms with Crippen molar-refractivity contribution in [3.8, 4) is 0 Å². The second-order valence-corrected chi connectivity index (χ2v) is 9.24. The molecule has 0 heterocycles. The van der Waals surface area contributed by atoms with E-state index < -0.39 is 102 Å². The van der Waals surface area contributed by atoms with Crippen LogP contribution in [0.2, 0.25) is 0 Å². The lowest BCUT2D eigenvalue weighted by atomic mass is 8.29. The minimum Gasteiger partial charge on any atom is -0.729 e. The van der Waals surface area contributed by atoms with Crippen LogP contribution in [0.4, 0.5) is 0 Å². The van der Waals surface area contributed by atoms with Crippen LogP contribution in [-0.2, 0) is 0 Å². The maximum Gasteiger partial charge on any atom is -0.000000000000247 e. The van der Waals surface area contributed by atoms with Gasteiger partial charge in [0, 0.05) is 0 Å². The zero-order valence-corrected chi connectivity index (χ0v) is 19.6. The molecule has 0 aromatic rings. The summed E-state index contributed by atoms with van der Waals surface area (Å²) in [7, 11) is 110. The maximum atomic E-state index is 6.24. The molecule has 0 nitrogen and oxygen atoms in total. The molecule has 0 atom stereocenters. The van der Waals surface area contributed by atoms with Gasteiger partial charge in [-0.1, -0.05) is 0 Å². The first-order valence-corrected chi connectivity index (χ1v) is 11.0. The summed E-state index contributed by atoms with van der Waals surface area (Å²) in [5.41, 5.74) is 0. The quantitative estimate of drug-likeness (QED) is 0.252. The van der Waals surface area contributed by atoms with Gasteiger partial charge in [0.1, 0.15) is 0 Å². The summed E-state index contributed by atoms with van der Waals surface area (Å²) in [6, 6.07) is 0. The summed E-state index contributed by atoms with van der Waals surface area (Å²) in [6.45, 7) is 0. The van der Waals surface area contributed by atoms with Crippen molar-refractivity contribution in [2.45, 2.75) is 0 Å². The lowest BCUT2D eigenvalue weighted by Crippen LogP contribution is -2.90. The molecule has 0 unspecified atom stereocenters. The Bertz CT molecular complexity index is 466. The summed E-state index contributed by atoms with van der Waals surface area (Å²) >= 11 is 0. The van der Waals surface area contributed by atoms with Crippen LogP contribution in [0.3, 0.4) is 0 Å². The molecule has 39 radical (unpaired) electrons. The van der Waals surface area contributed by atoms with Gasteiger partial charge in [0.2, 0.25) is 0 Å². The molecule has 0 saturated carbocycles. The zero-order chi connectivity index (χ0) is 27.2. The van der Waals surface area contributed by atoms with Crippen molar-refractivity contribution in [1.29, 1.82) is 0 Å². The van der Waals surface area contributed by atoms with Gasteiger partial charge in [0.05, 0.1) is 0 Å². The van der Waals surface area contributed by atoms with E-state index in [1.807, 2.05) is 0 Å². The summed E-state index contributed by atoms with van der Waals surface area (Å²) in [5.74, 6) is 0. The molecule has 0 fully saturated rings. The fourth-order valence-corrected chi connectivity index (χ4v) is 5.39. The van der Waals surface area contributed by atoms with Crippen LogP contribution in [0.5, 0.6) is 0 Å². The van der Waals surface area contributed by atoms with Gasteiger partial charge >= 0.3 is 0 Å². The van der Waals surface area contributed by atoms with E-state index in [1.165, 1.54) is 0 Å². The average Bonchev–Trinajstić information content (AvgIpc) is 2.60. The molecule has 0 aliphatic rings. The lowest BCUT2D eigenvalue weighted by Gasteiger charge is -2.60. The van der Waals surface area contributed by atoms with E-state index in [-0.39, 0.29) is 0 Å². The highest BCUT2D eigenvalue weighted by Crippen LogP contribution is 2.16. The Morgan fingerprint density at radius 3 is 0.618 bits per heavy atom.